The van der Waals surface area contributed by atoms with Crippen molar-refractivity contribution in [2.24, 2.45) is 11.3 Å². The van der Waals surface area contributed by atoms with Crippen molar-refractivity contribution in [1.29, 1.82) is 0 Å². The predicted octanol–water partition coefficient (Wildman–Crippen LogP) is 5.31. The summed E-state index contributed by atoms with van der Waals surface area (Å²) >= 11 is 0. The van der Waals surface area contributed by atoms with Gasteiger partial charge in [-0.25, -0.2) is 0 Å². The Morgan fingerprint density at radius 3 is 2.32 bits per heavy atom. The Kier molecular flexibility index (Phi) is 4.42. The molecular formula is C21H24O. The topological polar surface area (TPSA) is 17.1 Å². The molecule has 2 atom stereocenters. The number of carbonyl (C=O) groups is 1. The fourth-order valence-electron chi connectivity index (χ4n) is 3.92. The van der Waals surface area contributed by atoms with E-state index >= 15 is 0 Å². The van der Waals surface area contributed by atoms with Crippen molar-refractivity contribution in [3.8, 4) is 0 Å². The first-order valence-corrected chi connectivity index (χ1v) is 8.32. The van der Waals surface area contributed by atoms with Crippen molar-refractivity contribution in [1.82, 2.24) is 0 Å². The first-order chi connectivity index (χ1) is 10.7. The quantitative estimate of drug-likeness (QED) is 0.698. The molecule has 0 N–H and O–H groups in total. The Morgan fingerprint density at radius 1 is 1.00 bits per heavy atom. The van der Waals surface area contributed by atoms with Crippen LogP contribution in [0.1, 0.15) is 48.5 Å². The highest BCUT2D eigenvalue weighted by Gasteiger charge is 2.40. The van der Waals surface area contributed by atoms with Crippen molar-refractivity contribution in [3.05, 3.63) is 71.8 Å². The zero-order valence-corrected chi connectivity index (χ0v) is 13.3. The fraction of sp³-hybridized carbons (Fsp3) is 0.381. The second kappa shape index (κ2) is 6.48. The van der Waals surface area contributed by atoms with E-state index in [9.17, 15) is 4.79 Å². The minimum atomic E-state index is 0.0759. The Bertz CT molecular complexity index is 617. The minimum Gasteiger partial charge on any atom is -0.294 e. The van der Waals surface area contributed by atoms with Crippen molar-refractivity contribution in [2.75, 3.05) is 0 Å². The van der Waals surface area contributed by atoms with Crippen LogP contribution in [0, 0.1) is 11.3 Å². The molecule has 0 aliphatic heterocycles. The number of hydrogen-bond acceptors (Lipinski definition) is 1. The Labute approximate surface area is 133 Å². The SMILES string of the molecule is C[C@@]1(Cc2ccccc2)CCCC[C@@H]1C(=O)c1ccccc1. The third kappa shape index (κ3) is 3.14. The highest BCUT2D eigenvalue weighted by Crippen LogP contribution is 2.45. The number of rotatable bonds is 4. The summed E-state index contributed by atoms with van der Waals surface area (Å²) < 4.78 is 0. The number of Topliss-reactive ketones (excluding diaryl/α,β-unsaturated/α-hetero) is 1. The van der Waals surface area contributed by atoms with Gasteiger partial charge in [-0.3, -0.25) is 4.79 Å². The second-order valence-corrected chi connectivity index (χ2v) is 6.85. The monoisotopic (exact) mass is 292 g/mol. The third-order valence-electron chi connectivity index (χ3n) is 5.16. The van der Waals surface area contributed by atoms with Gasteiger partial charge in [0.15, 0.2) is 5.78 Å². The standard InChI is InChI=1S/C21H24O/c1-21(16-17-10-4-2-5-11-17)15-9-8-14-19(21)20(22)18-12-6-3-7-13-18/h2-7,10-13,19H,8-9,14-16H2,1H3/t19-,21+/m1/s1. The van der Waals surface area contributed by atoms with E-state index in [1.54, 1.807) is 0 Å². The molecule has 1 aliphatic carbocycles. The molecule has 0 radical (unpaired) electrons. The minimum absolute atomic E-state index is 0.0759. The van der Waals surface area contributed by atoms with Gasteiger partial charge >= 0.3 is 0 Å². The number of benzene rings is 2. The maximum atomic E-state index is 13.0. The molecule has 0 unspecified atom stereocenters. The summed E-state index contributed by atoms with van der Waals surface area (Å²) in [7, 11) is 0. The molecule has 0 heterocycles. The average molecular weight is 292 g/mol. The summed E-state index contributed by atoms with van der Waals surface area (Å²) in [6.07, 6.45) is 5.58. The van der Waals surface area contributed by atoms with Crippen molar-refractivity contribution >= 4 is 5.78 Å². The zero-order chi connectivity index (χ0) is 15.4. The summed E-state index contributed by atoms with van der Waals surface area (Å²) in [5.41, 5.74) is 2.29. The fourth-order valence-corrected chi connectivity index (χ4v) is 3.92. The van der Waals surface area contributed by atoms with Crippen LogP contribution < -0.4 is 0 Å². The summed E-state index contributed by atoms with van der Waals surface area (Å²) in [4.78, 5) is 13.0. The zero-order valence-electron chi connectivity index (χ0n) is 13.3. The van der Waals surface area contributed by atoms with Crippen molar-refractivity contribution in [3.63, 3.8) is 0 Å². The summed E-state index contributed by atoms with van der Waals surface area (Å²) in [6.45, 7) is 2.31. The van der Waals surface area contributed by atoms with Gasteiger partial charge in [-0.15, -0.1) is 0 Å². The Hall–Kier alpha value is -1.89. The van der Waals surface area contributed by atoms with E-state index in [2.05, 4.69) is 37.3 Å². The smallest absolute Gasteiger partial charge is 0.166 e. The van der Waals surface area contributed by atoms with Gasteiger partial charge in [-0.2, -0.15) is 0 Å². The summed E-state index contributed by atoms with van der Waals surface area (Å²) in [5, 5.41) is 0. The molecule has 0 bridgehead atoms. The van der Waals surface area contributed by atoms with Gasteiger partial charge < -0.3 is 0 Å². The number of carbonyl (C=O) groups excluding carboxylic acids is 1. The third-order valence-corrected chi connectivity index (χ3v) is 5.16. The van der Waals surface area contributed by atoms with Crippen LogP contribution >= 0.6 is 0 Å². The molecule has 1 saturated carbocycles. The lowest BCUT2D eigenvalue weighted by Crippen LogP contribution is -2.38. The predicted molar refractivity (Wildman–Crippen MR) is 91.0 cm³/mol. The molecule has 2 aromatic carbocycles. The molecule has 3 rings (SSSR count). The van der Waals surface area contributed by atoms with Crippen LogP contribution in [0.3, 0.4) is 0 Å². The molecule has 0 saturated heterocycles. The lowest BCUT2D eigenvalue weighted by Gasteiger charge is -2.41. The van der Waals surface area contributed by atoms with Crippen molar-refractivity contribution in [2.45, 2.75) is 39.0 Å². The largest absolute Gasteiger partial charge is 0.294 e. The summed E-state index contributed by atoms with van der Waals surface area (Å²) in [6, 6.07) is 20.4. The van der Waals surface area contributed by atoms with Gasteiger partial charge in [0, 0.05) is 11.5 Å². The van der Waals surface area contributed by atoms with Crippen LogP contribution in [0.4, 0.5) is 0 Å². The first kappa shape index (κ1) is 15.0. The van der Waals surface area contributed by atoms with E-state index in [0.29, 0.717) is 5.78 Å². The molecule has 2 aromatic rings. The Morgan fingerprint density at radius 2 is 1.64 bits per heavy atom. The Balaban J connectivity index is 1.86. The van der Waals surface area contributed by atoms with Gasteiger partial charge in [0.25, 0.3) is 0 Å². The molecule has 0 amide bonds. The van der Waals surface area contributed by atoms with Crippen molar-refractivity contribution < 1.29 is 4.79 Å². The van der Waals surface area contributed by atoms with Crippen LogP contribution in [0.5, 0.6) is 0 Å². The molecule has 1 heteroatoms. The highest BCUT2D eigenvalue weighted by atomic mass is 16.1. The second-order valence-electron chi connectivity index (χ2n) is 6.85. The lowest BCUT2D eigenvalue weighted by molar-refractivity contribution is 0.0647. The average Bonchev–Trinajstić information content (AvgIpc) is 2.56. The number of ketones is 1. The molecule has 1 fully saturated rings. The van der Waals surface area contributed by atoms with Gasteiger partial charge in [0.2, 0.25) is 0 Å². The normalized spacial score (nSPS) is 24.9. The molecule has 1 nitrogen and oxygen atoms in total. The van der Waals surface area contributed by atoms with E-state index in [1.165, 1.54) is 18.4 Å². The molecule has 1 aliphatic rings. The van der Waals surface area contributed by atoms with E-state index < -0.39 is 0 Å². The molecule has 114 valence electrons. The van der Waals surface area contributed by atoms with E-state index in [0.717, 1.165) is 24.8 Å². The van der Waals surface area contributed by atoms with Crippen LogP contribution in [0.2, 0.25) is 0 Å². The van der Waals surface area contributed by atoms with Gasteiger partial charge in [0.1, 0.15) is 0 Å². The highest BCUT2D eigenvalue weighted by molar-refractivity contribution is 5.98. The summed E-state index contributed by atoms with van der Waals surface area (Å²) in [5.74, 6) is 0.475. The van der Waals surface area contributed by atoms with Crippen LogP contribution in [-0.4, -0.2) is 5.78 Å². The van der Waals surface area contributed by atoms with E-state index in [1.807, 2.05) is 30.3 Å². The maximum absolute atomic E-state index is 13.0. The van der Waals surface area contributed by atoms with Gasteiger partial charge in [-0.1, -0.05) is 80.4 Å². The van der Waals surface area contributed by atoms with Gasteiger partial charge in [-0.05, 0) is 30.2 Å². The van der Waals surface area contributed by atoms with Gasteiger partial charge in [0.05, 0.1) is 0 Å². The molecular weight excluding hydrogens is 268 g/mol. The molecule has 22 heavy (non-hydrogen) atoms. The van der Waals surface area contributed by atoms with E-state index in [-0.39, 0.29) is 11.3 Å². The maximum Gasteiger partial charge on any atom is 0.166 e. The first-order valence-electron chi connectivity index (χ1n) is 8.32. The lowest BCUT2D eigenvalue weighted by atomic mass is 9.62. The molecule has 0 aromatic heterocycles. The number of hydrogen-bond donors (Lipinski definition) is 0. The van der Waals surface area contributed by atoms with Crippen LogP contribution in [0.15, 0.2) is 60.7 Å². The van der Waals surface area contributed by atoms with Crippen LogP contribution in [0.25, 0.3) is 0 Å². The molecule has 0 spiro atoms. The van der Waals surface area contributed by atoms with Crippen LogP contribution in [-0.2, 0) is 6.42 Å². The van der Waals surface area contributed by atoms with E-state index in [4.69, 9.17) is 0 Å².